The Balaban J connectivity index is 2.38. The molecule has 1 saturated carbocycles. The summed E-state index contributed by atoms with van der Waals surface area (Å²) in [5.74, 6) is 0.780. The fourth-order valence-electron chi connectivity index (χ4n) is 3.01. The van der Waals surface area contributed by atoms with Crippen molar-refractivity contribution in [1.82, 2.24) is 9.80 Å². The van der Waals surface area contributed by atoms with Crippen LogP contribution in [0.15, 0.2) is 0 Å². The quantitative estimate of drug-likeness (QED) is 0.769. The summed E-state index contributed by atoms with van der Waals surface area (Å²) in [5.41, 5.74) is 0. The summed E-state index contributed by atoms with van der Waals surface area (Å²) >= 11 is 0. The highest BCUT2D eigenvalue weighted by Gasteiger charge is 2.30. The molecule has 3 heteroatoms. The first kappa shape index (κ1) is 14.9. The number of aliphatic hydroxyl groups excluding tert-OH is 1. The van der Waals surface area contributed by atoms with E-state index in [9.17, 15) is 5.11 Å². The minimum Gasteiger partial charge on any atom is -0.393 e. The number of aliphatic hydroxyl groups is 1. The molecule has 0 aromatic carbocycles. The highest BCUT2D eigenvalue weighted by atomic mass is 16.3. The number of hydrogen-bond donors (Lipinski definition) is 1. The predicted octanol–water partition coefficient (Wildman–Crippen LogP) is 1.81. The topological polar surface area (TPSA) is 26.7 Å². The van der Waals surface area contributed by atoms with Crippen LogP contribution in [0.1, 0.15) is 39.0 Å². The highest BCUT2D eigenvalue weighted by molar-refractivity contribution is 4.85. The van der Waals surface area contributed by atoms with Gasteiger partial charge in [-0.25, -0.2) is 0 Å². The predicted molar refractivity (Wildman–Crippen MR) is 73.2 cm³/mol. The zero-order valence-electron chi connectivity index (χ0n) is 12.0. The van der Waals surface area contributed by atoms with Crippen LogP contribution >= 0.6 is 0 Å². The fourth-order valence-corrected chi connectivity index (χ4v) is 3.01. The van der Waals surface area contributed by atoms with Crippen LogP contribution in [0.5, 0.6) is 0 Å². The fraction of sp³-hybridized carbons (Fsp3) is 1.00. The molecule has 0 spiro atoms. The maximum atomic E-state index is 9.82. The lowest BCUT2D eigenvalue weighted by Crippen LogP contribution is -2.44. The van der Waals surface area contributed by atoms with Crippen LogP contribution in [0.25, 0.3) is 0 Å². The summed E-state index contributed by atoms with van der Waals surface area (Å²) in [7, 11) is 6.47. The van der Waals surface area contributed by atoms with E-state index in [-0.39, 0.29) is 6.10 Å². The summed E-state index contributed by atoms with van der Waals surface area (Å²) in [5, 5.41) is 9.82. The van der Waals surface area contributed by atoms with E-state index in [1.165, 1.54) is 19.3 Å². The van der Waals surface area contributed by atoms with E-state index in [0.29, 0.717) is 6.04 Å². The Morgan fingerprint density at radius 3 is 2.41 bits per heavy atom. The molecule has 3 nitrogen and oxygen atoms in total. The van der Waals surface area contributed by atoms with Crippen molar-refractivity contribution in [3.63, 3.8) is 0 Å². The molecule has 1 aliphatic carbocycles. The lowest BCUT2D eigenvalue weighted by Gasteiger charge is -2.39. The van der Waals surface area contributed by atoms with E-state index in [4.69, 9.17) is 0 Å². The van der Waals surface area contributed by atoms with Crippen LogP contribution in [0, 0.1) is 5.92 Å². The molecule has 3 unspecified atom stereocenters. The largest absolute Gasteiger partial charge is 0.393 e. The van der Waals surface area contributed by atoms with Crippen molar-refractivity contribution in [1.29, 1.82) is 0 Å². The van der Waals surface area contributed by atoms with Gasteiger partial charge in [-0.1, -0.05) is 13.3 Å². The molecule has 0 saturated heterocycles. The van der Waals surface area contributed by atoms with E-state index >= 15 is 0 Å². The van der Waals surface area contributed by atoms with E-state index in [0.717, 1.165) is 31.8 Å². The molecule has 0 heterocycles. The van der Waals surface area contributed by atoms with Gasteiger partial charge in [-0.05, 0) is 65.8 Å². The molecule has 3 atom stereocenters. The van der Waals surface area contributed by atoms with Gasteiger partial charge in [0.15, 0.2) is 0 Å². The van der Waals surface area contributed by atoms with Crippen molar-refractivity contribution in [2.75, 3.05) is 34.2 Å². The molecule has 0 aromatic rings. The second-order valence-electron chi connectivity index (χ2n) is 5.84. The first-order valence-electron chi connectivity index (χ1n) is 7.07. The van der Waals surface area contributed by atoms with Crippen LogP contribution in [0.4, 0.5) is 0 Å². The van der Waals surface area contributed by atoms with Gasteiger partial charge in [-0.15, -0.1) is 0 Å². The molecule has 0 aromatic heterocycles. The van der Waals surface area contributed by atoms with E-state index in [1.54, 1.807) is 0 Å². The average molecular weight is 242 g/mol. The van der Waals surface area contributed by atoms with Crippen molar-refractivity contribution in [3.8, 4) is 0 Å². The normalized spacial score (nSPS) is 30.2. The lowest BCUT2D eigenvalue weighted by molar-refractivity contribution is 0.0355. The van der Waals surface area contributed by atoms with Crippen LogP contribution in [0.3, 0.4) is 0 Å². The summed E-state index contributed by atoms with van der Waals surface area (Å²) in [6.07, 6.45) is 5.55. The van der Waals surface area contributed by atoms with Crippen LogP contribution < -0.4 is 0 Å². The minimum atomic E-state index is -0.0703. The Morgan fingerprint density at radius 2 is 1.82 bits per heavy atom. The molecule has 1 N–H and O–H groups in total. The monoisotopic (exact) mass is 242 g/mol. The number of hydrogen-bond acceptors (Lipinski definition) is 3. The second-order valence-corrected chi connectivity index (χ2v) is 5.84. The Labute approximate surface area is 107 Å². The van der Waals surface area contributed by atoms with Crippen LogP contribution in [0.2, 0.25) is 0 Å². The van der Waals surface area contributed by atoms with Crippen molar-refractivity contribution >= 4 is 0 Å². The smallest absolute Gasteiger partial charge is 0.0555 e. The number of rotatable bonds is 6. The lowest BCUT2D eigenvalue weighted by atomic mass is 9.80. The molecular formula is C14H30N2O. The standard InChI is InChI=1S/C14H30N2O/c1-5-12-7-8-13(17)11-14(12)16(4)10-6-9-15(2)3/h12-14,17H,5-11H2,1-4H3. The van der Waals surface area contributed by atoms with Gasteiger partial charge >= 0.3 is 0 Å². The van der Waals surface area contributed by atoms with E-state index in [1.807, 2.05) is 0 Å². The maximum Gasteiger partial charge on any atom is 0.0555 e. The summed E-state index contributed by atoms with van der Waals surface area (Å²) < 4.78 is 0. The Hall–Kier alpha value is -0.120. The Morgan fingerprint density at radius 1 is 1.12 bits per heavy atom. The summed E-state index contributed by atoms with van der Waals surface area (Å²) in [6, 6.07) is 0.589. The molecule has 1 fully saturated rings. The van der Waals surface area contributed by atoms with Gasteiger partial charge in [-0.2, -0.15) is 0 Å². The Bertz CT molecular complexity index is 208. The molecular weight excluding hydrogens is 212 g/mol. The summed E-state index contributed by atoms with van der Waals surface area (Å²) in [4.78, 5) is 4.71. The molecule has 0 radical (unpaired) electrons. The molecule has 0 aliphatic heterocycles. The minimum absolute atomic E-state index is 0.0703. The van der Waals surface area contributed by atoms with Gasteiger partial charge in [-0.3, -0.25) is 0 Å². The molecule has 1 aliphatic rings. The number of nitrogens with zero attached hydrogens (tertiary/aromatic N) is 2. The highest BCUT2D eigenvalue weighted by Crippen LogP contribution is 2.30. The van der Waals surface area contributed by atoms with Crippen molar-refractivity contribution < 1.29 is 5.11 Å². The van der Waals surface area contributed by atoms with E-state index in [2.05, 4.69) is 37.9 Å². The van der Waals surface area contributed by atoms with Crippen molar-refractivity contribution in [2.24, 2.45) is 5.92 Å². The third-order valence-corrected chi connectivity index (χ3v) is 4.14. The molecule has 1 rings (SSSR count). The van der Waals surface area contributed by atoms with Crippen molar-refractivity contribution in [3.05, 3.63) is 0 Å². The summed E-state index contributed by atoms with van der Waals surface area (Å²) in [6.45, 7) is 4.57. The second kappa shape index (κ2) is 7.34. The van der Waals surface area contributed by atoms with Gasteiger partial charge < -0.3 is 14.9 Å². The zero-order valence-corrected chi connectivity index (χ0v) is 12.0. The molecule has 0 bridgehead atoms. The molecule has 17 heavy (non-hydrogen) atoms. The van der Waals surface area contributed by atoms with Gasteiger partial charge in [0.1, 0.15) is 0 Å². The third-order valence-electron chi connectivity index (χ3n) is 4.14. The van der Waals surface area contributed by atoms with Crippen molar-refractivity contribution in [2.45, 2.75) is 51.2 Å². The van der Waals surface area contributed by atoms with Crippen LogP contribution in [-0.4, -0.2) is 61.3 Å². The first-order valence-corrected chi connectivity index (χ1v) is 7.07. The first-order chi connectivity index (χ1) is 8.04. The third kappa shape index (κ3) is 4.94. The molecule has 102 valence electrons. The van der Waals surface area contributed by atoms with Gasteiger partial charge in [0.2, 0.25) is 0 Å². The van der Waals surface area contributed by atoms with Gasteiger partial charge in [0.25, 0.3) is 0 Å². The van der Waals surface area contributed by atoms with Gasteiger partial charge in [0.05, 0.1) is 6.10 Å². The Kier molecular flexibility index (Phi) is 6.45. The van der Waals surface area contributed by atoms with E-state index < -0.39 is 0 Å². The van der Waals surface area contributed by atoms with Crippen LogP contribution in [-0.2, 0) is 0 Å². The molecule has 0 amide bonds. The van der Waals surface area contributed by atoms with Gasteiger partial charge in [0, 0.05) is 6.04 Å². The SMILES string of the molecule is CCC1CCC(O)CC1N(C)CCCN(C)C. The zero-order chi connectivity index (χ0) is 12.8. The average Bonchev–Trinajstić information content (AvgIpc) is 2.28. The maximum absolute atomic E-state index is 9.82.